The number of hydrogen-bond donors (Lipinski definition) is 0. The van der Waals surface area contributed by atoms with Crippen molar-refractivity contribution in [1.29, 1.82) is 0 Å². The summed E-state index contributed by atoms with van der Waals surface area (Å²) in [6.45, 7) is 6.37. The molecule has 4 heteroatoms. The van der Waals surface area contributed by atoms with Crippen LogP contribution >= 0.6 is 9.39 Å². The van der Waals surface area contributed by atoms with Crippen LogP contribution in [0.4, 0.5) is 5.69 Å². The van der Waals surface area contributed by atoms with E-state index in [1.54, 1.807) is 0 Å². The van der Waals surface area contributed by atoms with Crippen LogP contribution in [0.15, 0.2) is 30.3 Å². The lowest BCUT2D eigenvalue weighted by Crippen LogP contribution is -2.42. The summed E-state index contributed by atoms with van der Waals surface area (Å²) < 4.78 is 2.29. The zero-order valence-corrected chi connectivity index (χ0v) is 11.8. The van der Waals surface area contributed by atoms with Gasteiger partial charge in [0.25, 0.3) is 0 Å². The molecule has 1 aliphatic rings. The van der Waals surface area contributed by atoms with Crippen LogP contribution in [0.5, 0.6) is 0 Å². The van der Waals surface area contributed by atoms with Crippen molar-refractivity contribution >= 4 is 26.0 Å². The molecule has 3 nitrogen and oxygen atoms in total. The van der Waals surface area contributed by atoms with Crippen LogP contribution in [0.1, 0.15) is 5.69 Å². The van der Waals surface area contributed by atoms with Crippen LogP contribution in [0.3, 0.4) is 0 Å². The lowest BCUT2D eigenvalue weighted by atomic mass is 10.1. The number of pyridine rings is 1. The Morgan fingerprint density at radius 1 is 1.06 bits per heavy atom. The van der Waals surface area contributed by atoms with E-state index in [1.165, 1.54) is 11.1 Å². The number of rotatable bonds is 1. The van der Waals surface area contributed by atoms with E-state index in [2.05, 4.69) is 56.2 Å². The number of piperazine rings is 1. The molecule has 2 heterocycles. The fourth-order valence-corrected chi connectivity index (χ4v) is 2.68. The molecule has 1 aliphatic heterocycles. The van der Waals surface area contributed by atoms with Gasteiger partial charge in [0, 0.05) is 37.3 Å². The largest absolute Gasteiger partial charge is 0.367 e. The molecule has 1 aromatic heterocycles. The third-order valence-electron chi connectivity index (χ3n) is 3.49. The van der Waals surface area contributed by atoms with Gasteiger partial charge in [0.1, 0.15) is 0 Å². The van der Waals surface area contributed by atoms with Gasteiger partial charge in [-0.05, 0) is 19.1 Å². The lowest BCUT2D eigenvalue weighted by molar-refractivity contribution is 0.429. The van der Waals surface area contributed by atoms with E-state index in [-0.39, 0.29) is 0 Å². The minimum absolute atomic E-state index is 1.07. The van der Waals surface area contributed by atoms with Gasteiger partial charge in [0.05, 0.1) is 11.2 Å². The molecule has 2 aromatic rings. The number of fused-ring (bicyclic) bond motifs is 1. The number of nitrogens with zero attached hydrogens (tertiary/aromatic N) is 3. The van der Waals surface area contributed by atoms with E-state index < -0.39 is 0 Å². The molecule has 1 unspecified atom stereocenters. The molecule has 1 atom stereocenters. The molecule has 0 saturated carbocycles. The molecular formula is C14H18N3P. The Labute approximate surface area is 110 Å². The van der Waals surface area contributed by atoms with E-state index in [1.807, 2.05) is 0 Å². The first-order valence-electron chi connectivity index (χ1n) is 6.35. The zero-order valence-electron chi connectivity index (χ0n) is 10.6. The Morgan fingerprint density at radius 2 is 1.83 bits per heavy atom. The molecule has 1 aromatic carbocycles. The highest BCUT2D eigenvalue weighted by Gasteiger charge is 2.16. The maximum Gasteiger partial charge on any atom is 0.0938 e. The first kappa shape index (κ1) is 11.9. The first-order valence-corrected chi connectivity index (χ1v) is 6.87. The summed E-state index contributed by atoms with van der Waals surface area (Å²) in [5.74, 6) is 0. The fraction of sp³-hybridized carbons (Fsp3) is 0.357. The standard InChI is InChI=1S/C14H18N3P/c1-11-5-6-12-3-2-4-13(14(12)15-11)16-7-9-17(18)10-8-16/h2-6H,7-10,18H2,1H3. The highest BCUT2D eigenvalue weighted by atomic mass is 31.0. The third-order valence-corrected chi connectivity index (χ3v) is 4.01. The van der Waals surface area contributed by atoms with Gasteiger partial charge in [-0.25, -0.2) is 0 Å². The van der Waals surface area contributed by atoms with E-state index in [9.17, 15) is 0 Å². The molecular weight excluding hydrogens is 241 g/mol. The molecule has 3 rings (SSSR count). The predicted octanol–water partition coefficient (Wildman–Crippen LogP) is 2.46. The van der Waals surface area contributed by atoms with Crippen molar-refractivity contribution in [1.82, 2.24) is 9.65 Å². The monoisotopic (exact) mass is 259 g/mol. The van der Waals surface area contributed by atoms with Gasteiger partial charge in [-0.2, -0.15) is 0 Å². The van der Waals surface area contributed by atoms with Crippen LogP contribution in [-0.2, 0) is 0 Å². The summed E-state index contributed by atoms with van der Waals surface area (Å²) in [5, 5.41) is 1.23. The van der Waals surface area contributed by atoms with Crippen LogP contribution in [0.25, 0.3) is 10.9 Å². The Bertz CT molecular complexity index is 562. The summed E-state index contributed by atoms with van der Waals surface area (Å²) in [6, 6.07) is 10.7. The van der Waals surface area contributed by atoms with Crippen LogP contribution < -0.4 is 4.90 Å². The average molecular weight is 259 g/mol. The molecule has 0 N–H and O–H groups in total. The molecule has 1 saturated heterocycles. The highest BCUT2D eigenvalue weighted by molar-refractivity contribution is 7.13. The molecule has 18 heavy (non-hydrogen) atoms. The van der Waals surface area contributed by atoms with Gasteiger partial charge < -0.3 is 4.90 Å². The molecule has 1 fully saturated rings. The topological polar surface area (TPSA) is 19.4 Å². The zero-order chi connectivity index (χ0) is 12.5. The van der Waals surface area contributed by atoms with Crippen molar-refractivity contribution < 1.29 is 0 Å². The van der Waals surface area contributed by atoms with Gasteiger partial charge in [0.2, 0.25) is 0 Å². The first-order chi connectivity index (χ1) is 8.74. The summed E-state index contributed by atoms with van der Waals surface area (Å²) in [7, 11) is 2.79. The second-order valence-electron chi connectivity index (χ2n) is 4.82. The minimum Gasteiger partial charge on any atom is -0.367 e. The Kier molecular flexibility index (Phi) is 3.19. The SMILES string of the molecule is Cc1ccc2cccc(N3CCN(P)CC3)c2n1. The second kappa shape index (κ2) is 4.83. The minimum atomic E-state index is 1.07. The van der Waals surface area contributed by atoms with Crippen molar-refractivity contribution in [3.63, 3.8) is 0 Å². The smallest absolute Gasteiger partial charge is 0.0938 e. The molecule has 0 amide bonds. The van der Waals surface area contributed by atoms with Crippen molar-refractivity contribution in [2.24, 2.45) is 0 Å². The summed E-state index contributed by atoms with van der Waals surface area (Å²) in [4.78, 5) is 7.15. The van der Waals surface area contributed by atoms with E-state index >= 15 is 0 Å². The van der Waals surface area contributed by atoms with Crippen LogP contribution in [-0.4, -0.2) is 35.8 Å². The maximum absolute atomic E-state index is 4.71. The molecule has 0 radical (unpaired) electrons. The lowest BCUT2D eigenvalue weighted by Gasteiger charge is -2.34. The fourth-order valence-electron chi connectivity index (χ4n) is 2.45. The van der Waals surface area contributed by atoms with Gasteiger partial charge in [-0.15, -0.1) is 0 Å². The molecule has 94 valence electrons. The molecule has 0 bridgehead atoms. The third kappa shape index (κ3) is 2.21. The number of anilines is 1. The predicted molar refractivity (Wildman–Crippen MR) is 80.0 cm³/mol. The van der Waals surface area contributed by atoms with Gasteiger partial charge in [-0.3, -0.25) is 9.65 Å². The Hall–Kier alpha value is -1.18. The second-order valence-corrected chi connectivity index (χ2v) is 5.55. The van der Waals surface area contributed by atoms with Crippen molar-refractivity contribution in [3.8, 4) is 0 Å². The highest BCUT2D eigenvalue weighted by Crippen LogP contribution is 2.26. The molecule has 0 spiro atoms. The number of benzene rings is 1. The van der Waals surface area contributed by atoms with Crippen LogP contribution in [0, 0.1) is 6.92 Å². The van der Waals surface area contributed by atoms with Gasteiger partial charge >= 0.3 is 0 Å². The number of hydrogen-bond acceptors (Lipinski definition) is 3. The Morgan fingerprint density at radius 3 is 2.61 bits per heavy atom. The number of aromatic nitrogens is 1. The summed E-state index contributed by atoms with van der Waals surface area (Å²) >= 11 is 0. The number of aryl methyl sites for hydroxylation is 1. The quantitative estimate of drug-likeness (QED) is 0.733. The van der Waals surface area contributed by atoms with E-state index in [4.69, 9.17) is 4.98 Å². The van der Waals surface area contributed by atoms with Crippen molar-refractivity contribution in [2.75, 3.05) is 31.1 Å². The van der Waals surface area contributed by atoms with Crippen molar-refractivity contribution in [2.45, 2.75) is 6.92 Å². The van der Waals surface area contributed by atoms with Gasteiger partial charge in [0.15, 0.2) is 0 Å². The van der Waals surface area contributed by atoms with Crippen molar-refractivity contribution in [3.05, 3.63) is 36.0 Å². The van der Waals surface area contributed by atoms with E-state index in [0.29, 0.717) is 0 Å². The summed E-state index contributed by atoms with van der Waals surface area (Å²) in [6.07, 6.45) is 0. The molecule has 0 aliphatic carbocycles. The average Bonchev–Trinajstić information content (AvgIpc) is 2.39. The Balaban J connectivity index is 2.03. The normalized spacial score (nSPS) is 17.3. The van der Waals surface area contributed by atoms with Gasteiger partial charge in [-0.1, -0.05) is 27.6 Å². The van der Waals surface area contributed by atoms with E-state index in [0.717, 1.165) is 37.4 Å². The summed E-state index contributed by atoms with van der Waals surface area (Å²) in [5.41, 5.74) is 3.49. The van der Waals surface area contributed by atoms with Crippen LogP contribution in [0.2, 0.25) is 0 Å². The maximum atomic E-state index is 4.71. The number of para-hydroxylation sites is 1.